The molecule has 154 valence electrons. The second-order valence-electron chi connectivity index (χ2n) is 7.04. The van der Waals surface area contributed by atoms with Crippen LogP contribution in [-0.2, 0) is 29.2 Å². The van der Waals surface area contributed by atoms with E-state index in [0.29, 0.717) is 26.3 Å². The molecule has 0 aliphatic heterocycles. The Labute approximate surface area is 186 Å². The minimum atomic E-state index is -0.242. The van der Waals surface area contributed by atoms with Gasteiger partial charge in [0.2, 0.25) is 0 Å². The lowest BCUT2D eigenvalue weighted by Gasteiger charge is -2.24. The zero-order valence-electron chi connectivity index (χ0n) is 17.2. The zero-order valence-corrected chi connectivity index (χ0v) is 19.5. The van der Waals surface area contributed by atoms with Crippen LogP contribution in [0.15, 0.2) is 59.6 Å². The highest BCUT2D eigenvalue weighted by molar-refractivity contribution is 14.0. The van der Waals surface area contributed by atoms with Crippen LogP contribution in [0.3, 0.4) is 0 Å². The van der Waals surface area contributed by atoms with Gasteiger partial charge >= 0.3 is 0 Å². The van der Waals surface area contributed by atoms with E-state index in [2.05, 4.69) is 52.0 Å². The highest BCUT2D eigenvalue weighted by Gasteiger charge is 2.16. The summed E-state index contributed by atoms with van der Waals surface area (Å²) in [6, 6.07) is 18.6. The molecule has 0 amide bonds. The van der Waals surface area contributed by atoms with Crippen molar-refractivity contribution in [1.82, 2.24) is 10.6 Å². The Bertz CT molecular complexity index is 721. The molecule has 2 aromatic carbocycles. The molecule has 0 saturated carbocycles. The van der Waals surface area contributed by atoms with Gasteiger partial charge in [-0.25, -0.2) is 0 Å². The number of guanidine groups is 1. The Balaban J connectivity index is 0.00000392. The highest BCUT2D eigenvalue weighted by Crippen LogP contribution is 2.09. The van der Waals surface area contributed by atoms with Gasteiger partial charge in [-0.05, 0) is 30.5 Å². The summed E-state index contributed by atoms with van der Waals surface area (Å²) in [4.78, 5) is 4.26. The Kier molecular flexibility index (Phi) is 11.1. The van der Waals surface area contributed by atoms with Crippen LogP contribution < -0.4 is 10.6 Å². The lowest BCUT2D eigenvalue weighted by molar-refractivity contribution is 0.0268. The van der Waals surface area contributed by atoms with Crippen LogP contribution in [0.5, 0.6) is 0 Å². The van der Waals surface area contributed by atoms with E-state index in [1.54, 1.807) is 14.2 Å². The number of nitrogens with one attached hydrogen (secondary N) is 2. The van der Waals surface area contributed by atoms with Gasteiger partial charge in [0, 0.05) is 27.2 Å². The van der Waals surface area contributed by atoms with Gasteiger partial charge in [-0.3, -0.25) is 4.99 Å². The Morgan fingerprint density at radius 3 is 2.25 bits per heavy atom. The van der Waals surface area contributed by atoms with E-state index in [1.807, 2.05) is 32.0 Å². The quantitative estimate of drug-likeness (QED) is 0.311. The normalized spacial score (nSPS) is 11.6. The molecule has 0 fully saturated rings. The molecule has 0 aliphatic rings. The maximum Gasteiger partial charge on any atom is 0.191 e. The highest BCUT2D eigenvalue weighted by atomic mass is 127. The molecule has 6 heteroatoms. The number of hydrogen-bond donors (Lipinski definition) is 2. The van der Waals surface area contributed by atoms with Gasteiger partial charge in [-0.15, -0.1) is 24.0 Å². The molecular weight excluding hydrogens is 465 g/mol. The van der Waals surface area contributed by atoms with E-state index in [9.17, 15) is 0 Å². The van der Waals surface area contributed by atoms with Crippen molar-refractivity contribution in [2.45, 2.75) is 39.2 Å². The first-order valence-electron chi connectivity index (χ1n) is 9.21. The number of ether oxygens (including phenoxy) is 2. The summed E-state index contributed by atoms with van der Waals surface area (Å²) < 4.78 is 11.2. The first-order chi connectivity index (χ1) is 13.0. The minimum Gasteiger partial charge on any atom is -0.377 e. The molecule has 0 atom stereocenters. The van der Waals surface area contributed by atoms with Gasteiger partial charge in [0.1, 0.15) is 0 Å². The summed E-state index contributed by atoms with van der Waals surface area (Å²) in [5.74, 6) is 0.755. The maximum absolute atomic E-state index is 5.83. The van der Waals surface area contributed by atoms with Crippen molar-refractivity contribution in [2.24, 2.45) is 4.99 Å². The Hall–Kier alpha value is -1.64. The number of methoxy groups -OCH3 is 1. The summed E-state index contributed by atoms with van der Waals surface area (Å²) in [6.45, 7) is 6.65. The van der Waals surface area contributed by atoms with Crippen molar-refractivity contribution in [3.63, 3.8) is 0 Å². The van der Waals surface area contributed by atoms with Crippen LogP contribution in [0, 0.1) is 0 Å². The molecule has 2 rings (SSSR count). The molecule has 0 aliphatic carbocycles. The summed E-state index contributed by atoms with van der Waals surface area (Å²) in [5, 5.41) is 6.62. The van der Waals surface area contributed by atoms with E-state index in [4.69, 9.17) is 9.47 Å². The average Bonchev–Trinajstić information content (AvgIpc) is 2.69. The van der Waals surface area contributed by atoms with Crippen LogP contribution >= 0.6 is 24.0 Å². The number of benzene rings is 2. The van der Waals surface area contributed by atoms with Crippen molar-refractivity contribution in [3.05, 3.63) is 71.3 Å². The minimum absolute atomic E-state index is 0. The van der Waals surface area contributed by atoms with Crippen LogP contribution in [-0.4, -0.2) is 32.3 Å². The predicted octanol–water partition coefficient (Wildman–Crippen LogP) is 4.11. The van der Waals surface area contributed by atoms with Crippen molar-refractivity contribution in [3.8, 4) is 0 Å². The van der Waals surface area contributed by atoms with Gasteiger partial charge in [-0.1, -0.05) is 54.6 Å². The van der Waals surface area contributed by atoms with Crippen molar-refractivity contribution in [1.29, 1.82) is 0 Å². The fraction of sp³-hybridized carbons (Fsp3) is 0.409. The third kappa shape index (κ3) is 9.03. The largest absolute Gasteiger partial charge is 0.377 e. The van der Waals surface area contributed by atoms with E-state index < -0.39 is 0 Å². The first-order valence-corrected chi connectivity index (χ1v) is 9.21. The predicted molar refractivity (Wildman–Crippen MR) is 126 cm³/mol. The molecule has 0 heterocycles. The fourth-order valence-electron chi connectivity index (χ4n) is 2.47. The second kappa shape index (κ2) is 12.7. The molecule has 2 N–H and O–H groups in total. The molecule has 0 saturated heterocycles. The molecule has 0 spiro atoms. The van der Waals surface area contributed by atoms with Crippen LogP contribution in [0.2, 0.25) is 0 Å². The van der Waals surface area contributed by atoms with Gasteiger partial charge in [0.25, 0.3) is 0 Å². The first kappa shape index (κ1) is 24.4. The van der Waals surface area contributed by atoms with E-state index >= 15 is 0 Å². The van der Waals surface area contributed by atoms with Gasteiger partial charge in [-0.2, -0.15) is 0 Å². The lowest BCUT2D eigenvalue weighted by Crippen LogP contribution is -2.45. The summed E-state index contributed by atoms with van der Waals surface area (Å²) in [7, 11) is 3.48. The Morgan fingerprint density at radius 2 is 1.57 bits per heavy atom. The number of aliphatic imine (C=N–C) groups is 1. The van der Waals surface area contributed by atoms with Gasteiger partial charge < -0.3 is 20.1 Å². The average molecular weight is 497 g/mol. The van der Waals surface area contributed by atoms with Gasteiger partial charge in [0.05, 0.1) is 18.8 Å². The smallest absolute Gasteiger partial charge is 0.191 e. The van der Waals surface area contributed by atoms with Crippen LogP contribution in [0.1, 0.15) is 30.5 Å². The number of rotatable bonds is 9. The van der Waals surface area contributed by atoms with Crippen molar-refractivity contribution < 1.29 is 9.47 Å². The van der Waals surface area contributed by atoms with Crippen molar-refractivity contribution in [2.75, 3.05) is 20.7 Å². The molecular formula is C22H32IN3O2. The molecule has 2 aromatic rings. The van der Waals surface area contributed by atoms with E-state index in [0.717, 1.165) is 11.5 Å². The topological polar surface area (TPSA) is 54.9 Å². The zero-order chi connectivity index (χ0) is 19.5. The standard InChI is InChI=1S/C22H31N3O2.HI/c1-22(2,26-4)17-25-21(23-3)24-14-19-11-8-12-20(13-19)16-27-15-18-9-6-5-7-10-18;/h5-13H,14-17H2,1-4H3,(H2,23,24,25);1H. The molecule has 28 heavy (non-hydrogen) atoms. The second-order valence-corrected chi connectivity index (χ2v) is 7.04. The summed E-state index contributed by atoms with van der Waals surface area (Å²) in [5.41, 5.74) is 3.29. The lowest BCUT2D eigenvalue weighted by atomic mass is 10.1. The van der Waals surface area contributed by atoms with E-state index in [-0.39, 0.29) is 29.6 Å². The molecule has 0 bridgehead atoms. The van der Waals surface area contributed by atoms with Crippen LogP contribution in [0.25, 0.3) is 0 Å². The third-order valence-corrected chi connectivity index (χ3v) is 4.29. The monoisotopic (exact) mass is 497 g/mol. The molecule has 0 radical (unpaired) electrons. The fourth-order valence-corrected chi connectivity index (χ4v) is 2.47. The summed E-state index contributed by atoms with van der Waals surface area (Å²) in [6.07, 6.45) is 0. The van der Waals surface area contributed by atoms with Gasteiger partial charge in [0.15, 0.2) is 5.96 Å². The SMILES string of the molecule is CN=C(NCc1cccc(COCc2ccccc2)c1)NCC(C)(C)OC.I. The summed E-state index contributed by atoms with van der Waals surface area (Å²) >= 11 is 0. The van der Waals surface area contributed by atoms with Crippen LogP contribution in [0.4, 0.5) is 0 Å². The maximum atomic E-state index is 5.83. The third-order valence-electron chi connectivity index (χ3n) is 4.29. The number of halogens is 1. The molecule has 5 nitrogen and oxygen atoms in total. The van der Waals surface area contributed by atoms with Crippen molar-refractivity contribution >= 4 is 29.9 Å². The van der Waals surface area contributed by atoms with E-state index in [1.165, 1.54) is 11.1 Å². The molecule has 0 aromatic heterocycles. The molecule has 0 unspecified atom stereocenters. The number of hydrogen-bond acceptors (Lipinski definition) is 3. The Morgan fingerprint density at radius 1 is 0.929 bits per heavy atom. The number of nitrogens with zero attached hydrogens (tertiary/aromatic N) is 1.